The molecule has 0 spiro atoms. The molecule has 15 heavy (non-hydrogen) atoms. The maximum absolute atomic E-state index is 2.16. The van der Waals surface area contributed by atoms with Gasteiger partial charge in [0.15, 0.2) is 0 Å². The fourth-order valence-electron chi connectivity index (χ4n) is 1.54. The summed E-state index contributed by atoms with van der Waals surface area (Å²) in [4.78, 5) is 0. The molecular weight excluding hydrogens is 257 g/mol. The van der Waals surface area contributed by atoms with Crippen molar-refractivity contribution in [3.8, 4) is 0 Å². The minimum Gasteiger partial charge on any atom is -0.121 e. The molecule has 0 aliphatic heterocycles. The second kappa shape index (κ2) is 6.10. The van der Waals surface area contributed by atoms with Crippen molar-refractivity contribution in [2.24, 2.45) is 0 Å². The van der Waals surface area contributed by atoms with Gasteiger partial charge in [0.05, 0.1) is 0 Å². The molecule has 0 N–H and O–H groups in total. The van der Waals surface area contributed by atoms with E-state index < -0.39 is 0 Å². The number of hydrogen-bond donors (Lipinski definition) is 0. The summed E-state index contributed by atoms with van der Waals surface area (Å²) in [5, 5.41) is 0. The Bertz CT molecular complexity index is 341. The summed E-state index contributed by atoms with van der Waals surface area (Å²) in [5.41, 5.74) is 2.58. The normalized spacial score (nSPS) is 9.13. The summed E-state index contributed by atoms with van der Waals surface area (Å²) in [6, 6.07) is 20.9. The maximum atomic E-state index is 2.16. The first-order chi connectivity index (χ1) is 6.88. The summed E-state index contributed by atoms with van der Waals surface area (Å²) in [6.07, 6.45) is 0. The van der Waals surface area contributed by atoms with Gasteiger partial charge in [-0.25, -0.2) is 0 Å². The van der Waals surface area contributed by atoms with Crippen LogP contribution in [0.5, 0.6) is 0 Å². The Morgan fingerprint density at radius 2 is 1.00 bits per heavy atom. The monoisotopic (exact) mass is 270 g/mol. The molecule has 0 amide bonds. The van der Waals surface area contributed by atoms with E-state index in [1.807, 2.05) is 12.1 Å². The SMILES string of the molecule is C[C-](c1ccccc1)c1ccccc1.[Y]. The van der Waals surface area contributed by atoms with E-state index in [4.69, 9.17) is 0 Å². The van der Waals surface area contributed by atoms with Crippen LogP contribution in [0.4, 0.5) is 0 Å². The van der Waals surface area contributed by atoms with E-state index in [0.29, 0.717) is 0 Å². The Balaban J connectivity index is 0.00000112. The van der Waals surface area contributed by atoms with Crippen molar-refractivity contribution < 1.29 is 32.7 Å². The standard InChI is InChI=1S/C14H13.Y/c1-12(13-8-4-2-5-9-13)14-10-6-3-7-11-14;/h2-11H,1H3;/q-1;. The molecule has 1 radical (unpaired) electrons. The summed E-state index contributed by atoms with van der Waals surface area (Å²) in [7, 11) is 0. The fourth-order valence-corrected chi connectivity index (χ4v) is 1.54. The largest absolute Gasteiger partial charge is 0.121 e. The Morgan fingerprint density at radius 1 is 0.667 bits per heavy atom. The molecule has 0 nitrogen and oxygen atoms in total. The first-order valence-corrected chi connectivity index (χ1v) is 4.82. The second-order valence-electron chi connectivity index (χ2n) is 3.36. The Hall–Kier alpha value is -0.586. The number of rotatable bonds is 2. The van der Waals surface area contributed by atoms with Crippen LogP contribution in [0.15, 0.2) is 60.7 Å². The molecule has 0 fully saturated rings. The Labute approximate surface area is 117 Å². The Kier molecular flexibility index (Phi) is 5.07. The van der Waals surface area contributed by atoms with Crippen LogP contribution < -0.4 is 0 Å². The van der Waals surface area contributed by atoms with Crippen molar-refractivity contribution in [1.29, 1.82) is 0 Å². The summed E-state index contributed by atoms with van der Waals surface area (Å²) < 4.78 is 0. The van der Waals surface area contributed by atoms with Crippen LogP contribution in [0.3, 0.4) is 0 Å². The minimum absolute atomic E-state index is 0. The summed E-state index contributed by atoms with van der Waals surface area (Å²) >= 11 is 0. The average Bonchev–Trinajstić information content (AvgIpc) is 2.30. The van der Waals surface area contributed by atoms with Gasteiger partial charge in [-0.3, -0.25) is 0 Å². The van der Waals surface area contributed by atoms with E-state index in [9.17, 15) is 0 Å². The van der Waals surface area contributed by atoms with Crippen molar-refractivity contribution in [2.45, 2.75) is 6.92 Å². The number of benzene rings is 2. The second-order valence-corrected chi connectivity index (χ2v) is 3.36. The van der Waals surface area contributed by atoms with E-state index in [-0.39, 0.29) is 32.7 Å². The van der Waals surface area contributed by atoms with Gasteiger partial charge in [0.2, 0.25) is 0 Å². The van der Waals surface area contributed by atoms with Crippen molar-refractivity contribution in [2.75, 3.05) is 0 Å². The first-order valence-electron chi connectivity index (χ1n) is 4.82. The molecule has 0 aliphatic carbocycles. The van der Waals surface area contributed by atoms with Gasteiger partial charge in [-0.05, 0) is 0 Å². The van der Waals surface area contributed by atoms with Gasteiger partial charge in [0.1, 0.15) is 0 Å². The average molecular weight is 270 g/mol. The van der Waals surface area contributed by atoms with Crippen molar-refractivity contribution in [3.63, 3.8) is 0 Å². The molecule has 0 saturated heterocycles. The molecule has 0 aromatic heterocycles. The van der Waals surface area contributed by atoms with Crippen molar-refractivity contribution in [3.05, 3.63) is 77.7 Å². The van der Waals surface area contributed by atoms with Crippen LogP contribution in [0, 0.1) is 5.92 Å². The summed E-state index contributed by atoms with van der Waals surface area (Å²) in [5.74, 6) is 1.33. The molecule has 0 atom stereocenters. The third-order valence-corrected chi connectivity index (χ3v) is 2.41. The van der Waals surface area contributed by atoms with Gasteiger partial charge in [0, 0.05) is 32.7 Å². The topological polar surface area (TPSA) is 0 Å². The molecule has 0 aliphatic rings. The molecule has 2 rings (SSSR count). The Morgan fingerprint density at radius 3 is 1.33 bits per heavy atom. The smallest absolute Gasteiger partial charge is 0 e. The fraction of sp³-hybridized carbons (Fsp3) is 0.0714. The molecule has 0 heterocycles. The molecule has 1 heteroatoms. The minimum atomic E-state index is 0. The first kappa shape index (κ1) is 12.5. The molecule has 2 aromatic carbocycles. The zero-order valence-corrected chi connectivity index (χ0v) is 11.7. The van der Waals surface area contributed by atoms with Crippen LogP contribution in [-0.4, -0.2) is 0 Å². The molecule has 0 saturated carbocycles. The predicted octanol–water partition coefficient (Wildman–Crippen LogP) is 3.67. The van der Waals surface area contributed by atoms with Crippen molar-refractivity contribution in [1.82, 2.24) is 0 Å². The van der Waals surface area contributed by atoms with E-state index in [1.54, 1.807) is 0 Å². The third kappa shape index (κ3) is 3.19. The molecule has 2 aromatic rings. The zero-order valence-electron chi connectivity index (χ0n) is 8.85. The van der Waals surface area contributed by atoms with Gasteiger partial charge in [-0.2, -0.15) is 0 Å². The van der Waals surface area contributed by atoms with Crippen LogP contribution >= 0.6 is 0 Å². The van der Waals surface area contributed by atoms with Gasteiger partial charge < -0.3 is 0 Å². The van der Waals surface area contributed by atoms with Gasteiger partial charge in [0.25, 0.3) is 0 Å². The number of hydrogen-bond acceptors (Lipinski definition) is 0. The van der Waals surface area contributed by atoms with Crippen LogP contribution in [0.2, 0.25) is 0 Å². The van der Waals surface area contributed by atoms with Crippen LogP contribution in [0.25, 0.3) is 0 Å². The quantitative estimate of drug-likeness (QED) is 0.730. The van der Waals surface area contributed by atoms with E-state index >= 15 is 0 Å². The molecule has 0 bridgehead atoms. The predicted molar refractivity (Wildman–Crippen MR) is 60.0 cm³/mol. The third-order valence-electron chi connectivity index (χ3n) is 2.41. The van der Waals surface area contributed by atoms with Gasteiger partial charge in [-0.15, -0.1) is 41.3 Å². The van der Waals surface area contributed by atoms with Gasteiger partial charge >= 0.3 is 0 Å². The maximum Gasteiger partial charge on any atom is 0 e. The zero-order chi connectivity index (χ0) is 9.80. The molecule has 0 unspecified atom stereocenters. The van der Waals surface area contributed by atoms with E-state index in [0.717, 1.165) is 0 Å². The van der Waals surface area contributed by atoms with Gasteiger partial charge in [-0.1, -0.05) is 43.3 Å². The van der Waals surface area contributed by atoms with Crippen LogP contribution in [0.1, 0.15) is 18.1 Å². The summed E-state index contributed by atoms with van der Waals surface area (Å²) in [6.45, 7) is 2.16. The van der Waals surface area contributed by atoms with Crippen LogP contribution in [-0.2, 0) is 32.7 Å². The molecular formula is C14H13Y-. The van der Waals surface area contributed by atoms with E-state index in [2.05, 4.69) is 55.5 Å². The van der Waals surface area contributed by atoms with Crippen molar-refractivity contribution >= 4 is 0 Å². The van der Waals surface area contributed by atoms with E-state index in [1.165, 1.54) is 17.0 Å². The molecule has 73 valence electrons.